The second kappa shape index (κ2) is 9.57. The van der Waals surface area contributed by atoms with Crippen molar-refractivity contribution in [3.05, 3.63) is 54.0 Å². The second-order valence-corrected chi connectivity index (χ2v) is 7.04. The molecule has 3 aromatic rings. The molecule has 3 heterocycles. The first-order valence-electron chi connectivity index (χ1n) is 10.1. The zero-order chi connectivity index (χ0) is 21.6. The fourth-order valence-corrected chi connectivity index (χ4v) is 3.22. The van der Waals surface area contributed by atoms with E-state index in [1.807, 2.05) is 44.2 Å². The van der Waals surface area contributed by atoms with Gasteiger partial charge < -0.3 is 23.6 Å². The van der Waals surface area contributed by atoms with Crippen molar-refractivity contribution < 1.29 is 23.5 Å². The predicted octanol–water partition coefficient (Wildman–Crippen LogP) is 2.82. The molecule has 1 amide bonds. The summed E-state index contributed by atoms with van der Waals surface area (Å²) in [5.41, 5.74) is 1.67. The lowest BCUT2D eigenvalue weighted by molar-refractivity contribution is -0.142. The number of rotatable bonds is 7. The van der Waals surface area contributed by atoms with Gasteiger partial charge in [0, 0.05) is 12.7 Å². The van der Waals surface area contributed by atoms with Crippen molar-refractivity contribution in [2.45, 2.75) is 20.0 Å². The fraction of sp³-hybridized carbons (Fsp3) is 0.364. The molecule has 1 unspecified atom stereocenters. The quantitative estimate of drug-likeness (QED) is 0.571. The number of pyridine rings is 1. The Morgan fingerprint density at radius 1 is 1.23 bits per heavy atom. The Balaban J connectivity index is 1.38. The lowest BCUT2D eigenvalue weighted by atomic mass is 10.2. The monoisotopic (exact) mass is 424 g/mol. The molecule has 0 aliphatic carbocycles. The van der Waals surface area contributed by atoms with Gasteiger partial charge in [0.25, 0.3) is 11.8 Å². The molecule has 0 saturated carbocycles. The van der Waals surface area contributed by atoms with Crippen molar-refractivity contribution in [3.63, 3.8) is 0 Å². The molecule has 0 spiro atoms. The average molecular weight is 424 g/mol. The first-order chi connectivity index (χ1) is 15.1. The third-order valence-corrected chi connectivity index (χ3v) is 4.78. The predicted molar refractivity (Wildman–Crippen MR) is 111 cm³/mol. The number of aryl methyl sites for hydroxylation is 1. The van der Waals surface area contributed by atoms with E-state index in [1.54, 1.807) is 17.2 Å². The molecule has 1 aliphatic rings. The Bertz CT molecular complexity index is 1020. The van der Waals surface area contributed by atoms with Gasteiger partial charge in [0.1, 0.15) is 5.69 Å². The highest BCUT2D eigenvalue weighted by Crippen LogP contribution is 2.28. The second-order valence-electron chi connectivity index (χ2n) is 7.04. The summed E-state index contributed by atoms with van der Waals surface area (Å²) in [5, 5.41) is 3.97. The molecule has 9 heteroatoms. The number of amides is 1. The van der Waals surface area contributed by atoms with Gasteiger partial charge in [0.2, 0.25) is 5.82 Å². The minimum absolute atomic E-state index is 0.0983. The Kier molecular flexibility index (Phi) is 6.42. The largest absolute Gasteiger partial charge is 0.490 e. The molecule has 1 aliphatic heterocycles. The first kappa shape index (κ1) is 20.8. The summed E-state index contributed by atoms with van der Waals surface area (Å²) in [7, 11) is 0. The number of morpholine rings is 1. The Labute approximate surface area is 179 Å². The molecule has 0 radical (unpaired) electrons. The van der Waals surface area contributed by atoms with Gasteiger partial charge in [-0.1, -0.05) is 17.3 Å². The average Bonchev–Trinajstić information content (AvgIpc) is 3.30. The number of hydrogen-bond acceptors (Lipinski definition) is 8. The van der Waals surface area contributed by atoms with Crippen LogP contribution >= 0.6 is 0 Å². The van der Waals surface area contributed by atoms with E-state index in [1.165, 1.54) is 0 Å². The smallest absolute Gasteiger partial charge is 0.260 e. The van der Waals surface area contributed by atoms with Crippen molar-refractivity contribution in [1.29, 1.82) is 0 Å². The van der Waals surface area contributed by atoms with E-state index in [0.717, 1.165) is 5.56 Å². The van der Waals surface area contributed by atoms with Crippen LogP contribution in [-0.4, -0.2) is 58.8 Å². The molecule has 1 aromatic carbocycles. The van der Waals surface area contributed by atoms with Crippen LogP contribution in [0.15, 0.2) is 47.1 Å². The van der Waals surface area contributed by atoms with Crippen molar-refractivity contribution in [1.82, 2.24) is 20.0 Å². The third kappa shape index (κ3) is 5.00. The molecule has 2 aromatic heterocycles. The van der Waals surface area contributed by atoms with Crippen LogP contribution in [0.2, 0.25) is 0 Å². The molecule has 162 valence electrons. The minimum Gasteiger partial charge on any atom is -0.490 e. The summed E-state index contributed by atoms with van der Waals surface area (Å²) in [5.74, 6) is 1.72. The van der Waals surface area contributed by atoms with Crippen LogP contribution in [0.5, 0.6) is 11.5 Å². The third-order valence-electron chi connectivity index (χ3n) is 4.78. The Morgan fingerprint density at radius 3 is 2.94 bits per heavy atom. The molecule has 9 nitrogen and oxygen atoms in total. The summed E-state index contributed by atoms with van der Waals surface area (Å²) >= 11 is 0. The maximum absolute atomic E-state index is 12.7. The summed E-state index contributed by atoms with van der Waals surface area (Å²) in [4.78, 5) is 23.0. The molecule has 1 fully saturated rings. The topological polar surface area (TPSA) is 99.8 Å². The van der Waals surface area contributed by atoms with Crippen LogP contribution in [0.1, 0.15) is 24.5 Å². The lowest BCUT2D eigenvalue weighted by Gasteiger charge is -2.31. The standard InChI is InChI=1S/C22H24N4O5/c1-3-28-18-12-15(2)7-8-17(18)30-14-20(27)26-10-11-29-19(13-26)22-24-21(25-31-22)16-6-4-5-9-23-16/h4-9,12,19H,3,10-11,13-14H2,1-2H3. The van der Waals surface area contributed by atoms with Gasteiger partial charge in [-0.15, -0.1) is 0 Å². The fourth-order valence-electron chi connectivity index (χ4n) is 3.22. The van der Waals surface area contributed by atoms with Gasteiger partial charge in [-0.05, 0) is 43.7 Å². The zero-order valence-electron chi connectivity index (χ0n) is 17.5. The lowest BCUT2D eigenvalue weighted by Crippen LogP contribution is -2.44. The molecular weight excluding hydrogens is 400 g/mol. The number of carbonyl (C=O) groups is 1. The normalized spacial score (nSPS) is 16.2. The van der Waals surface area contributed by atoms with Gasteiger partial charge in [-0.2, -0.15) is 4.98 Å². The summed E-state index contributed by atoms with van der Waals surface area (Å²) < 4.78 is 22.5. The van der Waals surface area contributed by atoms with E-state index in [0.29, 0.717) is 55.2 Å². The number of benzene rings is 1. The van der Waals surface area contributed by atoms with Gasteiger partial charge in [0.05, 0.1) is 19.8 Å². The van der Waals surface area contributed by atoms with Crippen LogP contribution in [0.3, 0.4) is 0 Å². The molecular formula is C22H24N4O5. The van der Waals surface area contributed by atoms with Gasteiger partial charge >= 0.3 is 0 Å². The number of nitrogens with zero attached hydrogens (tertiary/aromatic N) is 4. The van der Waals surface area contributed by atoms with Crippen LogP contribution < -0.4 is 9.47 Å². The molecule has 0 N–H and O–H groups in total. The van der Waals surface area contributed by atoms with Gasteiger partial charge in [0.15, 0.2) is 24.2 Å². The number of aromatic nitrogens is 3. The number of carbonyl (C=O) groups excluding carboxylic acids is 1. The maximum atomic E-state index is 12.7. The maximum Gasteiger partial charge on any atom is 0.260 e. The van der Waals surface area contributed by atoms with E-state index < -0.39 is 6.10 Å². The zero-order valence-corrected chi connectivity index (χ0v) is 17.5. The van der Waals surface area contributed by atoms with E-state index >= 15 is 0 Å². The Morgan fingerprint density at radius 2 is 2.13 bits per heavy atom. The molecule has 1 atom stereocenters. The minimum atomic E-state index is -0.499. The summed E-state index contributed by atoms with van der Waals surface area (Å²) in [6, 6.07) is 11.1. The number of ether oxygens (including phenoxy) is 3. The van der Waals surface area contributed by atoms with Crippen LogP contribution in [0.25, 0.3) is 11.5 Å². The van der Waals surface area contributed by atoms with Gasteiger partial charge in [-0.25, -0.2) is 0 Å². The summed E-state index contributed by atoms with van der Waals surface area (Å²) in [6.07, 6.45) is 1.16. The molecule has 0 bridgehead atoms. The van der Waals surface area contributed by atoms with Crippen LogP contribution in [0, 0.1) is 6.92 Å². The van der Waals surface area contributed by atoms with Crippen LogP contribution in [-0.2, 0) is 9.53 Å². The van der Waals surface area contributed by atoms with Crippen LogP contribution in [0.4, 0.5) is 0 Å². The molecule has 4 rings (SSSR count). The molecule has 1 saturated heterocycles. The van der Waals surface area contributed by atoms with Crippen molar-refractivity contribution in [2.75, 3.05) is 32.9 Å². The SMILES string of the molecule is CCOc1cc(C)ccc1OCC(=O)N1CCOC(c2nc(-c3ccccn3)no2)C1. The highest BCUT2D eigenvalue weighted by atomic mass is 16.5. The van der Waals surface area contributed by atoms with E-state index in [9.17, 15) is 4.79 Å². The first-order valence-corrected chi connectivity index (χ1v) is 10.1. The van der Waals surface area contributed by atoms with E-state index in [4.69, 9.17) is 18.7 Å². The van der Waals surface area contributed by atoms with E-state index in [-0.39, 0.29) is 12.5 Å². The highest BCUT2D eigenvalue weighted by Gasteiger charge is 2.30. The number of hydrogen-bond donors (Lipinski definition) is 0. The molecule has 31 heavy (non-hydrogen) atoms. The highest BCUT2D eigenvalue weighted by molar-refractivity contribution is 5.78. The van der Waals surface area contributed by atoms with E-state index in [2.05, 4.69) is 15.1 Å². The van der Waals surface area contributed by atoms with Gasteiger partial charge in [-0.3, -0.25) is 9.78 Å². The summed E-state index contributed by atoms with van der Waals surface area (Å²) in [6.45, 7) is 5.43. The van der Waals surface area contributed by atoms with Crippen molar-refractivity contribution in [3.8, 4) is 23.0 Å². The Hall–Kier alpha value is -3.46. The van der Waals surface area contributed by atoms with Crippen molar-refractivity contribution >= 4 is 5.91 Å². The van der Waals surface area contributed by atoms with Crippen molar-refractivity contribution in [2.24, 2.45) is 0 Å².